The first-order valence-corrected chi connectivity index (χ1v) is 12.0. The molecule has 0 unspecified atom stereocenters. The summed E-state index contributed by atoms with van der Waals surface area (Å²) in [4.78, 5) is 24.9. The van der Waals surface area contributed by atoms with Crippen molar-refractivity contribution in [2.24, 2.45) is 0 Å². The Kier molecular flexibility index (Phi) is 6.47. The Hall–Kier alpha value is -4.11. The summed E-state index contributed by atoms with van der Waals surface area (Å²) in [6, 6.07) is 23.7. The second-order valence-electron chi connectivity index (χ2n) is 7.99. The van der Waals surface area contributed by atoms with Crippen molar-refractivity contribution >= 4 is 34.3 Å². The van der Waals surface area contributed by atoms with Crippen LogP contribution in [0.4, 0.5) is 24.8 Å². The third kappa shape index (κ3) is 5.41. The maximum absolute atomic E-state index is 12.8. The summed E-state index contributed by atoms with van der Waals surface area (Å²) in [5, 5.41) is 4.10. The molecule has 0 aliphatic rings. The summed E-state index contributed by atoms with van der Waals surface area (Å²) in [5.41, 5.74) is 2.54. The van der Waals surface area contributed by atoms with Crippen molar-refractivity contribution in [2.75, 3.05) is 5.32 Å². The van der Waals surface area contributed by atoms with E-state index in [1.165, 1.54) is 12.1 Å². The van der Waals surface area contributed by atoms with Gasteiger partial charge >= 0.3 is 6.18 Å². The third-order valence-corrected chi connectivity index (χ3v) is 6.56. The molecule has 5 aromatic rings. The van der Waals surface area contributed by atoms with E-state index >= 15 is 0 Å². The quantitative estimate of drug-likeness (QED) is 0.243. The van der Waals surface area contributed by atoms with Crippen LogP contribution < -0.4 is 10.9 Å². The smallest absolute Gasteiger partial charge is 0.324 e. The fourth-order valence-corrected chi connectivity index (χ4v) is 4.50. The maximum Gasteiger partial charge on any atom is 0.416 e. The highest BCUT2D eigenvalue weighted by atomic mass is 32.2. The molecule has 2 heterocycles. The molecule has 5 rings (SSSR count). The number of alkyl halides is 3. The lowest BCUT2D eigenvalue weighted by molar-refractivity contribution is -0.137. The van der Waals surface area contributed by atoms with Crippen LogP contribution in [-0.2, 0) is 11.9 Å². The molecule has 0 spiro atoms. The first-order chi connectivity index (χ1) is 17.3. The number of anilines is 2. The number of halogens is 3. The Balaban J connectivity index is 1.25. The van der Waals surface area contributed by atoms with Crippen molar-refractivity contribution < 1.29 is 13.2 Å². The second kappa shape index (κ2) is 9.87. The Morgan fingerprint density at radius 3 is 2.42 bits per heavy atom. The molecule has 3 aromatic carbocycles. The molecule has 2 aromatic heterocycles. The van der Waals surface area contributed by atoms with Crippen LogP contribution >= 0.6 is 11.8 Å². The lowest BCUT2D eigenvalue weighted by Gasteiger charge is -2.09. The first-order valence-electron chi connectivity index (χ1n) is 11.0. The summed E-state index contributed by atoms with van der Waals surface area (Å²) in [7, 11) is 0. The van der Waals surface area contributed by atoms with E-state index in [4.69, 9.17) is 0 Å². The van der Waals surface area contributed by atoms with Crippen LogP contribution in [0, 0.1) is 0 Å². The van der Waals surface area contributed by atoms with Gasteiger partial charge < -0.3 is 10.3 Å². The van der Waals surface area contributed by atoms with E-state index in [2.05, 4.69) is 20.3 Å². The summed E-state index contributed by atoms with van der Waals surface area (Å²) < 4.78 is 38.4. The van der Waals surface area contributed by atoms with Crippen molar-refractivity contribution in [3.63, 3.8) is 0 Å². The number of fused-ring (bicyclic) bond motifs is 1. The number of nitrogens with one attached hydrogen (secondary N) is 2. The van der Waals surface area contributed by atoms with E-state index in [0.717, 1.165) is 33.6 Å². The van der Waals surface area contributed by atoms with Gasteiger partial charge in [-0.05, 0) is 60.0 Å². The topological polar surface area (TPSA) is 70.7 Å². The number of aromatic amines is 1. The van der Waals surface area contributed by atoms with Crippen LogP contribution in [0.25, 0.3) is 22.2 Å². The number of hydrogen-bond acceptors (Lipinski definition) is 5. The average molecular weight is 505 g/mol. The molecule has 0 bridgehead atoms. The number of benzene rings is 3. The summed E-state index contributed by atoms with van der Waals surface area (Å²) in [6.07, 6.45) is -2.83. The standard InChI is InChI=1S/C27H19F3N4OS/c28-27(29,30)20-7-5-17(6-8-20)24-13-14-31-26(34-24)32-21-9-11-22(12-10-21)36-16-19-15-18-3-1-2-4-23(18)33-25(19)35/h1-15H,16H2,(H,33,35)(H,31,32,34). The molecule has 0 aliphatic heterocycles. The number of hydrogen-bond donors (Lipinski definition) is 2. The summed E-state index contributed by atoms with van der Waals surface area (Å²) in [6.45, 7) is 0. The van der Waals surface area contributed by atoms with Crippen LogP contribution in [0.2, 0.25) is 0 Å². The monoisotopic (exact) mass is 504 g/mol. The van der Waals surface area contributed by atoms with Gasteiger partial charge in [0, 0.05) is 39.2 Å². The Morgan fingerprint density at radius 1 is 0.917 bits per heavy atom. The largest absolute Gasteiger partial charge is 0.416 e. The molecular weight excluding hydrogens is 485 g/mol. The minimum atomic E-state index is -4.38. The molecule has 2 N–H and O–H groups in total. The molecule has 36 heavy (non-hydrogen) atoms. The highest BCUT2D eigenvalue weighted by Crippen LogP contribution is 2.31. The number of pyridine rings is 1. The molecule has 5 nitrogen and oxygen atoms in total. The minimum absolute atomic E-state index is 0.0930. The van der Waals surface area contributed by atoms with Crippen LogP contribution in [0.5, 0.6) is 0 Å². The fraction of sp³-hybridized carbons (Fsp3) is 0.0741. The van der Waals surface area contributed by atoms with Gasteiger partial charge in [0.2, 0.25) is 5.95 Å². The summed E-state index contributed by atoms with van der Waals surface area (Å²) >= 11 is 1.55. The van der Waals surface area contributed by atoms with Crippen LogP contribution in [0.3, 0.4) is 0 Å². The van der Waals surface area contributed by atoms with Crippen molar-refractivity contribution in [1.29, 1.82) is 0 Å². The van der Waals surface area contributed by atoms with Gasteiger partial charge in [-0.2, -0.15) is 13.2 Å². The molecule has 0 atom stereocenters. The average Bonchev–Trinajstić information content (AvgIpc) is 2.88. The predicted octanol–water partition coefficient (Wildman–Crippen LogP) is 7.04. The van der Waals surface area contributed by atoms with E-state index in [0.29, 0.717) is 28.5 Å². The molecule has 9 heteroatoms. The Bertz CT molecular complexity index is 1570. The first kappa shape index (κ1) is 23.6. The molecule has 0 saturated heterocycles. The highest BCUT2D eigenvalue weighted by molar-refractivity contribution is 7.98. The highest BCUT2D eigenvalue weighted by Gasteiger charge is 2.30. The van der Waals surface area contributed by atoms with Gasteiger partial charge in [0.1, 0.15) is 0 Å². The lowest BCUT2D eigenvalue weighted by atomic mass is 10.1. The molecule has 0 saturated carbocycles. The normalized spacial score (nSPS) is 11.5. The van der Waals surface area contributed by atoms with Gasteiger partial charge in [0.25, 0.3) is 5.56 Å². The van der Waals surface area contributed by atoms with E-state index in [1.807, 2.05) is 54.6 Å². The van der Waals surface area contributed by atoms with Crippen molar-refractivity contribution in [3.05, 3.63) is 113 Å². The summed E-state index contributed by atoms with van der Waals surface area (Å²) in [5.74, 6) is 0.862. The minimum Gasteiger partial charge on any atom is -0.324 e. The van der Waals surface area contributed by atoms with E-state index in [9.17, 15) is 18.0 Å². The zero-order valence-corrected chi connectivity index (χ0v) is 19.5. The van der Waals surface area contributed by atoms with Crippen LogP contribution in [-0.4, -0.2) is 15.0 Å². The van der Waals surface area contributed by atoms with Gasteiger partial charge in [-0.3, -0.25) is 4.79 Å². The number of H-pyrrole nitrogens is 1. The number of aromatic nitrogens is 3. The second-order valence-corrected chi connectivity index (χ2v) is 9.04. The van der Waals surface area contributed by atoms with E-state index in [-0.39, 0.29) is 5.56 Å². The van der Waals surface area contributed by atoms with E-state index < -0.39 is 11.7 Å². The van der Waals surface area contributed by atoms with Crippen LogP contribution in [0.15, 0.2) is 101 Å². The molecule has 180 valence electrons. The number of thioether (sulfide) groups is 1. The molecule has 0 fully saturated rings. The zero-order chi connectivity index (χ0) is 25.1. The van der Waals surface area contributed by atoms with Crippen LogP contribution in [0.1, 0.15) is 11.1 Å². The van der Waals surface area contributed by atoms with Gasteiger partial charge in [-0.15, -0.1) is 11.8 Å². The van der Waals surface area contributed by atoms with E-state index in [1.54, 1.807) is 24.0 Å². The van der Waals surface area contributed by atoms with Gasteiger partial charge in [0.05, 0.1) is 11.3 Å². The zero-order valence-electron chi connectivity index (χ0n) is 18.7. The molecule has 0 aliphatic carbocycles. The van der Waals surface area contributed by atoms with Gasteiger partial charge in [0.15, 0.2) is 0 Å². The van der Waals surface area contributed by atoms with Crippen molar-refractivity contribution in [2.45, 2.75) is 16.8 Å². The van der Waals surface area contributed by atoms with Crippen molar-refractivity contribution in [3.8, 4) is 11.3 Å². The fourth-order valence-electron chi connectivity index (χ4n) is 3.63. The Morgan fingerprint density at radius 2 is 1.67 bits per heavy atom. The maximum atomic E-state index is 12.8. The number of nitrogens with zero attached hydrogens (tertiary/aromatic N) is 2. The number of rotatable bonds is 6. The molecular formula is C27H19F3N4OS. The molecule has 0 amide bonds. The number of para-hydroxylation sites is 1. The van der Waals surface area contributed by atoms with Gasteiger partial charge in [-0.1, -0.05) is 30.3 Å². The Labute approximate surface area is 208 Å². The van der Waals surface area contributed by atoms with Gasteiger partial charge in [-0.25, -0.2) is 9.97 Å². The third-order valence-electron chi connectivity index (χ3n) is 5.50. The van der Waals surface area contributed by atoms with Crippen molar-refractivity contribution in [1.82, 2.24) is 15.0 Å². The predicted molar refractivity (Wildman–Crippen MR) is 136 cm³/mol. The lowest BCUT2D eigenvalue weighted by Crippen LogP contribution is -2.11. The molecule has 0 radical (unpaired) electrons. The SMILES string of the molecule is O=c1[nH]c2ccccc2cc1CSc1ccc(Nc2nccc(-c3ccc(C(F)(F)F)cc3)n2)cc1.